The maximum atomic E-state index is 11.3. The van der Waals surface area contributed by atoms with E-state index in [0.717, 1.165) is 28.0 Å². The maximum absolute atomic E-state index is 11.3. The Bertz CT molecular complexity index is 932. The number of fused-ring (bicyclic) bond motifs is 1. The first-order chi connectivity index (χ1) is 10.9. The monoisotopic (exact) mass is 348 g/mol. The van der Waals surface area contributed by atoms with Crippen molar-refractivity contribution in [3.05, 3.63) is 62.9 Å². The number of carboxylic acids is 1. The van der Waals surface area contributed by atoms with Crippen molar-refractivity contribution in [3.8, 4) is 0 Å². The Morgan fingerprint density at radius 3 is 2.61 bits per heavy atom. The zero-order valence-corrected chi connectivity index (χ0v) is 14.1. The molecular weight excluding hydrogens is 335 g/mol. The van der Waals surface area contributed by atoms with Gasteiger partial charge in [0.2, 0.25) is 0 Å². The molecule has 3 rings (SSSR count). The number of aromatic nitrogens is 2. The highest BCUT2D eigenvalue weighted by Crippen LogP contribution is 2.26. The molecule has 0 atom stereocenters. The zero-order valence-electron chi connectivity index (χ0n) is 12.6. The van der Waals surface area contributed by atoms with Crippen LogP contribution in [0.25, 0.3) is 11.0 Å². The average Bonchev–Trinajstić information content (AvgIpc) is 2.79. The second-order valence-electron chi connectivity index (χ2n) is 5.45. The number of hydrogen-bond acceptors (Lipinski definition) is 2. The first-order valence-electron chi connectivity index (χ1n) is 7.01. The molecule has 0 aliphatic carbocycles. The van der Waals surface area contributed by atoms with E-state index in [1.165, 1.54) is 0 Å². The predicted octanol–water partition coefficient (Wildman–Crippen LogP) is 4.71. The second kappa shape index (κ2) is 5.87. The van der Waals surface area contributed by atoms with Gasteiger partial charge in [0, 0.05) is 10.0 Å². The summed E-state index contributed by atoms with van der Waals surface area (Å²) in [5.74, 6) is -0.151. The molecule has 2 aromatic carbocycles. The number of nitrogens with zero attached hydrogens (tertiary/aromatic N) is 2. The third kappa shape index (κ3) is 2.92. The Balaban J connectivity index is 2.16. The molecule has 1 aromatic heterocycles. The van der Waals surface area contributed by atoms with Crippen LogP contribution in [0.5, 0.6) is 0 Å². The van der Waals surface area contributed by atoms with Crippen molar-refractivity contribution in [1.82, 2.24) is 9.55 Å². The van der Waals surface area contributed by atoms with Gasteiger partial charge in [-0.2, -0.15) is 0 Å². The zero-order chi connectivity index (χ0) is 16.7. The Morgan fingerprint density at radius 2 is 1.96 bits per heavy atom. The fraction of sp³-hybridized carbons (Fsp3) is 0.176. The largest absolute Gasteiger partial charge is 0.478 e. The molecule has 23 heavy (non-hydrogen) atoms. The number of carboxylic acid groups (broad SMARTS) is 1. The lowest BCUT2D eigenvalue weighted by Gasteiger charge is -2.10. The van der Waals surface area contributed by atoms with Gasteiger partial charge in [-0.15, -0.1) is 0 Å². The van der Waals surface area contributed by atoms with E-state index in [0.29, 0.717) is 16.6 Å². The number of rotatable bonds is 3. The molecule has 4 nitrogen and oxygen atoms in total. The lowest BCUT2D eigenvalue weighted by Crippen LogP contribution is -2.04. The summed E-state index contributed by atoms with van der Waals surface area (Å²) in [6, 6.07) is 8.63. The molecule has 0 spiro atoms. The minimum Gasteiger partial charge on any atom is -0.478 e. The van der Waals surface area contributed by atoms with E-state index in [1.54, 1.807) is 24.3 Å². The molecule has 1 heterocycles. The highest BCUT2D eigenvalue weighted by Gasteiger charge is 2.15. The van der Waals surface area contributed by atoms with Gasteiger partial charge >= 0.3 is 5.97 Å². The normalized spacial score (nSPS) is 11.1. The smallest absolute Gasteiger partial charge is 0.335 e. The van der Waals surface area contributed by atoms with Crippen molar-refractivity contribution in [3.63, 3.8) is 0 Å². The molecule has 6 heteroatoms. The number of carbonyl (C=O) groups is 1. The summed E-state index contributed by atoms with van der Waals surface area (Å²) in [4.78, 5) is 15.9. The molecule has 0 amide bonds. The Morgan fingerprint density at radius 1 is 1.22 bits per heavy atom. The molecule has 0 radical (unpaired) electrons. The Hall–Kier alpha value is -2.04. The molecule has 0 aliphatic rings. The van der Waals surface area contributed by atoms with Gasteiger partial charge in [0.15, 0.2) is 0 Å². The van der Waals surface area contributed by atoms with E-state index >= 15 is 0 Å². The summed E-state index contributed by atoms with van der Waals surface area (Å²) in [6.07, 6.45) is 0. The number of aryl methyl sites for hydroxylation is 2. The third-order valence-electron chi connectivity index (χ3n) is 3.83. The highest BCUT2D eigenvalue weighted by atomic mass is 35.5. The molecule has 0 unspecified atom stereocenters. The van der Waals surface area contributed by atoms with E-state index in [2.05, 4.69) is 4.98 Å². The van der Waals surface area contributed by atoms with Gasteiger partial charge in [0.05, 0.1) is 23.1 Å². The van der Waals surface area contributed by atoms with Gasteiger partial charge in [0.25, 0.3) is 0 Å². The van der Waals surface area contributed by atoms with Crippen molar-refractivity contribution >= 4 is 40.2 Å². The summed E-state index contributed by atoms with van der Waals surface area (Å²) in [6.45, 7) is 4.26. The quantitative estimate of drug-likeness (QED) is 0.745. The van der Waals surface area contributed by atoms with Crippen molar-refractivity contribution in [2.24, 2.45) is 0 Å². The first-order valence-corrected chi connectivity index (χ1v) is 7.77. The minimum atomic E-state index is -0.954. The number of imidazole rings is 1. The SMILES string of the molecule is Cc1cc(C(=O)O)cc2c1nc(C)n2Cc1ccc(Cl)cc1Cl. The number of aromatic carboxylic acids is 1. The molecule has 0 saturated carbocycles. The highest BCUT2D eigenvalue weighted by molar-refractivity contribution is 6.35. The average molecular weight is 349 g/mol. The summed E-state index contributed by atoms with van der Waals surface area (Å²) < 4.78 is 1.96. The first kappa shape index (κ1) is 15.8. The number of hydrogen-bond donors (Lipinski definition) is 1. The van der Waals surface area contributed by atoms with E-state index in [4.69, 9.17) is 23.2 Å². The fourth-order valence-corrected chi connectivity index (χ4v) is 3.12. The molecule has 3 aromatic rings. The van der Waals surface area contributed by atoms with Gasteiger partial charge in [-0.3, -0.25) is 0 Å². The predicted molar refractivity (Wildman–Crippen MR) is 91.7 cm³/mol. The lowest BCUT2D eigenvalue weighted by molar-refractivity contribution is 0.0697. The van der Waals surface area contributed by atoms with Crippen molar-refractivity contribution < 1.29 is 9.90 Å². The molecule has 0 bridgehead atoms. The number of halogens is 2. The molecular formula is C17H14Cl2N2O2. The van der Waals surface area contributed by atoms with Crippen LogP contribution >= 0.6 is 23.2 Å². The van der Waals surface area contributed by atoms with E-state index < -0.39 is 5.97 Å². The topological polar surface area (TPSA) is 55.1 Å². The van der Waals surface area contributed by atoms with Gasteiger partial charge < -0.3 is 9.67 Å². The van der Waals surface area contributed by atoms with Crippen LogP contribution in [0.1, 0.15) is 27.3 Å². The summed E-state index contributed by atoms with van der Waals surface area (Å²) >= 11 is 12.2. The van der Waals surface area contributed by atoms with Crippen LogP contribution in [-0.2, 0) is 6.54 Å². The second-order valence-corrected chi connectivity index (χ2v) is 6.29. The van der Waals surface area contributed by atoms with Crippen molar-refractivity contribution in [2.45, 2.75) is 20.4 Å². The maximum Gasteiger partial charge on any atom is 0.335 e. The third-order valence-corrected chi connectivity index (χ3v) is 4.41. The van der Waals surface area contributed by atoms with Crippen LogP contribution in [0.3, 0.4) is 0 Å². The molecule has 0 aliphatic heterocycles. The van der Waals surface area contributed by atoms with Crippen LogP contribution in [0.2, 0.25) is 10.0 Å². The Kier molecular flexibility index (Phi) is 4.04. The molecule has 0 fully saturated rings. The van der Waals surface area contributed by atoms with Crippen LogP contribution in [-0.4, -0.2) is 20.6 Å². The van der Waals surface area contributed by atoms with Crippen LogP contribution in [0.4, 0.5) is 0 Å². The summed E-state index contributed by atoms with van der Waals surface area (Å²) in [5, 5.41) is 10.4. The number of benzene rings is 2. The summed E-state index contributed by atoms with van der Waals surface area (Å²) in [5.41, 5.74) is 3.57. The van der Waals surface area contributed by atoms with Gasteiger partial charge in [-0.1, -0.05) is 29.3 Å². The van der Waals surface area contributed by atoms with E-state index in [1.807, 2.05) is 24.5 Å². The van der Waals surface area contributed by atoms with E-state index in [9.17, 15) is 9.90 Å². The van der Waals surface area contributed by atoms with Crippen LogP contribution in [0, 0.1) is 13.8 Å². The van der Waals surface area contributed by atoms with Crippen molar-refractivity contribution in [1.29, 1.82) is 0 Å². The molecule has 1 N–H and O–H groups in total. The van der Waals surface area contributed by atoms with Gasteiger partial charge in [-0.25, -0.2) is 9.78 Å². The Labute approximate surface area is 143 Å². The van der Waals surface area contributed by atoms with Crippen LogP contribution < -0.4 is 0 Å². The fourth-order valence-electron chi connectivity index (χ4n) is 2.65. The van der Waals surface area contributed by atoms with Gasteiger partial charge in [0.1, 0.15) is 5.82 Å². The molecule has 0 saturated heterocycles. The standard InChI is InChI=1S/C17H14Cl2N2O2/c1-9-5-12(17(22)23)6-15-16(9)20-10(2)21(15)8-11-3-4-13(18)7-14(11)19/h3-7H,8H2,1-2H3,(H,22,23). The lowest BCUT2D eigenvalue weighted by atomic mass is 10.1. The van der Waals surface area contributed by atoms with Gasteiger partial charge in [-0.05, 0) is 49.2 Å². The molecule has 118 valence electrons. The van der Waals surface area contributed by atoms with Crippen molar-refractivity contribution in [2.75, 3.05) is 0 Å². The van der Waals surface area contributed by atoms with E-state index in [-0.39, 0.29) is 5.56 Å². The van der Waals surface area contributed by atoms with Crippen LogP contribution in [0.15, 0.2) is 30.3 Å². The summed E-state index contributed by atoms with van der Waals surface area (Å²) in [7, 11) is 0. The minimum absolute atomic E-state index is 0.248.